The van der Waals surface area contributed by atoms with Crippen LogP contribution in [0.5, 0.6) is 5.75 Å². The van der Waals surface area contributed by atoms with Gasteiger partial charge in [0, 0.05) is 11.4 Å². The van der Waals surface area contributed by atoms with Crippen LogP contribution in [-0.2, 0) is 14.8 Å². The van der Waals surface area contributed by atoms with Crippen LogP contribution in [0.3, 0.4) is 0 Å². The predicted molar refractivity (Wildman–Crippen MR) is 112 cm³/mol. The van der Waals surface area contributed by atoms with Gasteiger partial charge in [-0.3, -0.25) is 9.52 Å². The number of carbonyl (C=O) groups excluding carboxylic acids is 1. The minimum atomic E-state index is -3.93. The van der Waals surface area contributed by atoms with Crippen molar-refractivity contribution in [3.8, 4) is 5.75 Å². The molecule has 7 nitrogen and oxygen atoms in total. The number of nitrogens with one attached hydrogen (secondary N) is 2. The maximum absolute atomic E-state index is 12.9. The van der Waals surface area contributed by atoms with Crippen molar-refractivity contribution < 1.29 is 17.9 Å². The standard InChI is InChI=1S/C18H18ClN3O4S2/c1-4-16(23)20-18-21-17-10(2)7-12(9-14(17)27-18)22-28(24,25)15-8-11(19)5-6-13(15)26-3/h5-9,22H,4H2,1-3H3,(H,20,21,23). The molecule has 0 spiro atoms. The molecule has 2 aromatic carbocycles. The van der Waals surface area contributed by atoms with Crippen molar-refractivity contribution in [3.05, 3.63) is 40.9 Å². The Morgan fingerprint density at radius 2 is 2.04 bits per heavy atom. The lowest BCUT2D eigenvalue weighted by atomic mass is 10.2. The third-order valence-corrected chi connectivity index (χ3v) is 6.48. The average Bonchev–Trinajstić information content (AvgIpc) is 3.04. The number of fused-ring (bicyclic) bond motifs is 1. The fourth-order valence-corrected chi connectivity index (χ4v) is 5.06. The van der Waals surface area contributed by atoms with Crippen LogP contribution in [0.4, 0.5) is 10.8 Å². The fraction of sp³-hybridized carbons (Fsp3) is 0.222. The maximum atomic E-state index is 12.9. The monoisotopic (exact) mass is 439 g/mol. The molecule has 3 aromatic rings. The third-order valence-electron chi connectivity index (χ3n) is 3.92. The highest BCUT2D eigenvalue weighted by atomic mass is 35.5. The van der Waals surface area contributed by atoms with Gasteiger partial charge in [-0.1, -0.05) is 29.9 Å². The zero-order chi connectivity index (χ0) is 20.5. The van der Waals surface area contributed by atoms with Crippen molar-refractivity contribution in [1.29, 1.82) is 0 Å². The van der Waals surface area contributed by atoms with E-state index in [0.717, 1.165) is 10.3 Å². The molecular formula is C18H18ClN3O4S2. The lowest BCUT2D eigenvalue weighted by Crippen LogP contribution is -2.14. The van der Waals surface area contributed by atoms with Gasteiger partial charge in [0.15, 0.2) is 5.13 Å². The van der Waals surface area contributed by atoms with Crippen molar-refractivity contribution in [2.24, 2.45) is 0 Å². The maximum Gasteiger partial charge on any atom is 0.265 e. The van der Waals surface area contributed by atoms with Crippen LogP contribution in [0.2, 0.25) is 5.02 Å². The van der Waals surface area contributed by atoms with Gasteiger partial charge in [-0.25, -0.2) is 13.4 Å². The SMILES string of the molecule is CCC(=O)Nc1nc2c(C)cc(NS(=O)(=O)c3cc(Cl)ccc3OC)cc2s1. The fourth-order valence-electron chi connectivity index (χ4n) is 2.59. The minimum absolute atomic E-state index is 0.0551. The van der Waals surface area contributed by atoms with Crippen molar-refractivity contribution >= 4 is 59.9 Å². The van der Waals surface area contributed by atoms with E-state index in [4.69, 9.17) is 16.3 Å². The van der Waals surface area contributed by atoms with Crippen LogP contribution in [0.1, 0.15) is 18.9 Å². The number of rotatable bonds is 6. The van der Waals surface area contributed by atoms with Gasteiger partial charge in [-0.05, 0) is 42.8 Å². The largest absolute Gasteiger partial charge is 0.495 e. The Balaban J connectivity index is 1.98. The molecule has 3 rings (SSSR count). The number of anilines is 2. The number of aryl methyl sites for hydroxylation is 1. The molecule has 0 aliphatic heterocycles. The molecule has 0 bridgehead atoms. The zero-order valence-electron chi connectivity index (χ0n) is 15.4. The molecular weight excluding hydrogens is 422 g/mol. The highest BCUT2D eigenvalue weighted by molar-refractivity contribution is 7.92. The van der Waals surface area contributed by atoms with Crippen molar-refractivity contribution in [3.63, 3.8) is 0 Å². The number of ether oxygens (including phenoxy) is 1. The van der Waals surface area contributed by atoms with Crippen LogP contribution in [0, 0.1) is 6.92 Å². The van der Waals surface area contributed by atoms with E-state index in [0.29, 0.717) is 22.8 Å². The first kappa shape index (κ1) is 20.4. The number of thiazole rings is 1. The second-order valence-electron chi connectivity index (χ2n) is 5.96. The highest BCUT2D eigenvalue weighted by Crippen LogP contribution is 2.33. The van der Waals surface area contributed by atoms with Crippen molar-refractivity contribution in [2.45, 2.75) is 25.2 Å². The lowest BCUT2D eigenvalue weighted by Gasteiger charge is -2.12. The molecule has 1 amide bonds. The van der Waals surface area contributed by atoms with E-state index in [1.165, 1.54) is 30.6 Å². The molecule has 2 N–H and O–H groups in total. The number of methoxy groups -OCH3 is 1. The average molecular weight is 440 g/mol. The Kier molecular flexibility index (Phi) is 5.78. The number of nitrogens with zero attached hydrogens (tertiary/aromatic N) is 1. The molecule has 0 aliphatic rings. The normalized spacial score (nSPS) is 11.4. The number of amides is 1. The Morgan fingerprint density at radius 1 is 1.29 bits per heavy atom. The van der Waals surface area contributed by atoms with Crippen LogP contribution in [-0.4, -0.2) is 26.4 Å². The van der Waals surface area contributed by atoms with E-state index < -0.39 is 10.0 Å². The minimum Gasteiger partial charge on any atom is -0.495 e. The molecule has 0 atom stereocenters. The Morgan fingerprint density at radius 3 is 2.71 bits per heavy atom. The van der Waals surface area contributed by atoms with Crippen LogP contribution >= 0.6 is 22.9 Å². The Bertz CT molecular complexity index is 1160. The van der Waals surface area contributed by atoms with E-state index in [2.05, 4.69) is 15.0 Å². The van der Waals surface area contributed by atoms with E-state index in [1.54, 1.807) is 25.1 Å². The van der Waals surface area contributed by atoms with E-state index in [1.807, 2.05) is 6.92 Å². The van der Waals surface area contributed by atoms with Gasteiger partial charge in [-0.2, -0.15) is 0 Å². The van der Waals surface area contributed by atoms with Gasteiger partial charge in [0.2, 0.25) is 5.91 Å². The summed E-state index contributed by atoms with van der Waals surface area (Å²) in [6.45, 7) is 3.58. The number of halogens is 1. The zero-order valence-corrected chi connectivity index (χ0v) is 17.8. The van der Waals surface area contributed by atoms with Gasteiger partial charge >= 0.3 is 0 Å². The van der Waals surface area contributed by atoms with Gasteiger partial charge in [0.05, 0.1) is 23.0 Å². The van der Waals surface area contributed by atoms with E-state index in [-0.39, 0.29) is 21.6 Å². The molecule has 0 fully saturated rings. The summed E-state index contributed by atoms with van der Waals surface area (Å²) in [5.74, 6) is 0.0581. The summed E-state index contributed by atoms with van der Waals surface area (Å²) >= 11 is 7.23. The predicted octanol–water partition coefficient (Wildman–Crippen LogP) is 4.42. The molecule has 28 heavy (non-hydrogen) atoms. The van der Waals surface area contributed by atoms with Gasteiger partial charge in [0.1, 0.15) is 10.6 Å². The molecule has 0 saturated carbocycles. The molecule has 148 valence electrons. The molecule has 0 aliphatic carbocycles. The number of benzene rings is 2. The second kappa shape index (κ2) is 7.94. The van der Waals surface area contributed by atoms with Gasteiger partial charge in [-0.15, -0.1) is 0 Å². The summed E-state index contributed by atoms with van der Waals surface area (Å²) in [6, 6.07) is 7.74. The first-order valence-corrected chi connectivity index (χ1v) is 11.0. The van der Waals surface area contributed by atoms with E-state index >= 15 is 0 Å². The molecule has 1 heterocycles. The number of sulfonamides is 1. The Labute approximate surface area is 171 Å². The smallest absolute Gasteiger partial charge is 0.265 e. The van der Waals surface area contributed by atoms with Gasteiger partial charge < -0.3 is 10.1 Å². The summed E-state index contributed by atoms with van der Waals surface area (Å²) in [5, 5.41) is 3.48. The summed E-state index contributed by atoms with van der Waals surface area (Å²) in [7, 11) is -2.53. The summed E-state index contributed by atoms with van der Waals surface area (Å²) < 4.78 is 34.2. The quantitative estimate of drug-likeness (QED) is 0.592. The molecule has 0 radical (unpaired) electrons. The lowest BCUT2D eigenvalue weighted by molar-refractivity contribution is -0.115. The highest BCUT2D eigenvalue weighted by Gasteiger charge is 2.21. The number of aromatic nitrogens is 1. The third kappa shape index (κ3) is 4.21. The van der Waals surface area contributed by atoms with Crippen LogP contribution in [0.25, 0.3) is 10.2 Å². The number of carbonyl (C=O) groups is 1. The first-order valence-electron chi connectivity index (χ1n) is 8.31. The van der Waals surface area contributed by atoms with E-state index in [9.17, 15) is 13.2 Å². The number of hydrogen-bond acceptors (Lipinski definition) is 6. The second-order valence-corrected chi connectivity index (χ2v) is 9.08. The summed E-state index contributed by atoms with van der Waals surface area (Å²) in [5.41, 5.74) is 1.87. The summed E-state index contributed by atoms with van der Waals surface area (Å²) in [6.07, 6.45) is 0.349. The molecule has 1 aromatic heterocycles. The summed E-state index contributed by atoms with van der Waals surface area (Å²) in [4.78, 5) is 15.9. The van der Waals surface area contributed by atoms with Gasteiger partial charge in [0.25, 0.3) is 10.0 Å². The first-order chi connectivity index (χ1) is 13.2. The molecule has 10 heteroatoms. The van der Waals surface area contributed by atoms with Crippen molar-refractivity contribution in [2.75, 3.05) is 17.1 Å². The number of hydrogen-bond donors (Lipinski definition) is 2. The van der Waals surface area contributed by atoms with Crippen molar-refractivity contribution in [1.82, 2.24) is 4.98 Å². The van der Waals surface area contributed by atoms with Crippen LogP contribution < -0.4 is 14.8 Å². The molecule has 0 saturated heterocycles. The topological polar surface area (TPSA) is 97.4 Å². The Hall–Kier alpha value is -2.36. The molecule has 0 unspecified atom stereocenters. The van der Waals surface area contributed by atoms with Crippen LogP contribution in [0.15, 0.2) is 35.2 Å².